The van der Waals surface area contributed by atoms with Crippen molar-refractivity contribution in [1.82, 2.24) is 5.32 Å². The zero-order valence-corrected chi connectivity index (χ0v) is 12.1. The summed E-state index contributed by atoms with van der Waals surface area (Å²) in [6.07, 6.45) is 1.03. The zero-order chi connectivity index (χ0) is 10.7. The molecule has 2 N–H and O–H groups in total. The van der Waals surface area contributed by atoms with Gasteiger partial charge in [-0.2, -0.15) is 8.42 Å². The Balaban J connectivity index is 0. The van der Waals surface area contributed by atoms with Crippen LogP contribution in [0.1, 0.15) is 13.8 Å². The van der Waals surface area contributed by atoms with Gasteiger partial charge >= 0.3 is 0 Å². The zero-order valence-electron chi connectivity index (χ0n) is 8.28. The summed E-state index contributed by atoms with van der Waals surface area (Å²) in [7, 11) is -4.08. The van der Waals surface area contributed by atoms with E-state index in [4.69, 9.17) is 4.55 Å². The van der Waals surface area contributed by atoms with Crippen molar-refractivity contribution in [2.24, 2.45) is 0 Å². The number of hydrogen-bond acceptors (Lipinski definition) is 3. The molecule has 14 heavy (non-hydrogen) atoms. The van der Waals surface area contributed by atoms with Gasteiger partial charge in [0.1, 0.15) is 0 Å². The molecule has 0 bridgehead atoms. The molecule has 0 aliphatic heterocycles. The summed E-state index contributed by atoms with van der Waals surface area (Å²) in [5, 5.41) is 2.37. The summed E-state index contributed by atoms with van der Waals surface area (Å²) >= 11 is 0. The molecule has 0 unspecified atom stereocenters. The van der Waals surface area contributed by atoms with Gasteiger partial charge in [0.15, 0.2) is 0 Å². The van der Waals surface area contributed by atoms with E-state index in [9.17, 15) is 13.2 Å². The van der Waals surface area contributed by atoms with E-state index in [-0.39, 0.29) is 19.5 Å². The van der Waals surface area contributed by atoms with Gasteiger partial charge in [0, 0.05) is 19.5 Å². The predicted molar refractivity (Wildman–Crippen MR) is 48.8 cm³/mol. The average molecular weight is 273 g/mol. The molecule has 1 amide bonds. The van der Waals surface area contributed by atoms with Gasteiger partial charge in [-0.1, -0.05) is 6.58 Å². The summed E-state index contributed by atoms with van der Waals surface area (Å²) in [4.78, 5) is 10.8. The van der Waals surface area contributed by atoms with E-state index in [1.54, 1.807) is 0 Å². The molecular weight excluding hydrogens is 260 g/mol. The fraction of sp³-hybridized carbons (Fsp3) is 0.571. The molecule has 0 saturated carbocycles. The minimum absolute atomic E-state index is 0. The minimum atomic E-state index is -4.08. The monoisotopic (exact) mass is 271 g/mol. The molecule has 0 aliphatic rings. The fourth-order valence-corrected chi connectivity index (χ4v) is 1.86. The van der Waals surface area contributed by atoms with Crippen molar-refractivity contribution in [3.8, 4) is 0 Å². The molecule has 0 rings (SSSR count). The van der Waals surface area contributed by atoms with Crippen LogP contribution in [0.15, 0.2) is 12.7 Å². The standard InChI is InChI=1S/C7H13NO4S.Zn/c1-4-6(9)8-7(2,3)5-13(10,11)12;/h4H,1,5H2,2-3H3,(H,8,9)(H,10,11,12);. The fourth-order valence-electron chi connectivity index (χ4n) is 0.877. The van der Waals surface area contributed by atoms with Crippen LogP contribution in [0.2, 0.25) is 0 Å². The van der Waals surface area contributed by atoms with Crippen molar-refractivity contribution in [3.05, 3.63) is 12.7 Å². The Morgan fingerprint density at radius 3 is 2.29 bits per heavy atom. The first-order valence-electron chi connectivity index (χ1n) is 3.56. The Kier molecular flexibility index (Phi) is 6.45. The van der Waals surface area contributed by atoms with Crippen LogP contribution in [0.4, 0.5) is 0 Å². The number of carbonyl (C=O) groups excluding carboxylic acids is 1. The molecule has 5 nitrogen and oxygen atoms in total. The maximum atomic E-state index is 10.8. The summed E-state index contributed by atoms with van der Waals surface area (Å²) in [5.74, 6) is -1.01. The Hall–Kier alpha value is -0.257. The van der Waals surface area contributed by atoms with Gasteiger partial charge in [-0.05, 0) is 19.9 Å². The molecule has 0 spiro atoms. The van der Waals surface area contributed by atoms with Crippen molar-refractivity contribution in [1.29, 1.82) is 0 Å². The summed E-state index contributed by atoms with van der Waals surface area (Å²) < 4.78 is 29.5. The van der Waals surface area contributed by atoms with Crippen molar-refractivity contribution in [3.63, 3.8) is 0 Å². The first-order chi connectivity index (χ1) is 5.66. The number of carbonyl (C=O) groups is 1. The SMILES string of the molecule is C=CC(=O)NC(C)(C)CS(=O)(=O)O.[Zn]. The van der Waals surface area contributed by atoms with E-state index in [1.165, 1.54) is 13.8 Å². The van der Waals surface area contributed by atoms with E-state index in [2.05, 4.69) is 11.9 Å². The minimum Gasteiger partial charge on any atom is -0.347 e. The smallest absolute Gasteiger partial charge is 0.267 e. The Morgan fingerprint density at radius 2 is 2.00 bits per heavy atom. The molecule has 7 heteroatoms. The third-order valence-electron chi connectivity index (χ3n) is 1.19. The molecule has 0 saturated heterocycles. The second-order valence-electron chi connectivity index (χ2n) is 3.30. The second kappa shape index (κ2) is 5.58. The maximum Gasteiger partial charge on any atom is 0.267 e. The van der Waals surface area contributed by atoms with Crippen LogP contribution < -0.4 is 5.32 Å². The van der Waals surface area contributed by atoms with Crippen molar-refractivity contribution in [2.45, 2.75) is 19.4 Å². The van der Waals surface area contributed by atoms with Crippen LogP contribution in [0.5, 0.6) is 0 Å². The Bertz CT molecular complexity index is 310. The van der Waals surface area contributed by atoms with Crippen LogP contribution in [0.25, 0.3) is 0 Å². The molecule has 0 aliphatic carbocycles. The van der Waals surface area contributed by atoms with Crippen LogP contribution in [0, 0.1) is 0 Å². The van der Waals surface area contributed by atoms with Crippen LogP contribution >= 0.6 is 0 Å². The topological polar surface area (TPSA) is 83.5 Å². The third kappa shape index (κ3) is 8.35. The van der Waals surface area contributed by atoms with Crippen LogP contribution in [0.3, 0.4) is 0 Å². The van der Waals surface area contributed by atoms with Crippen molar-refractivity contribution >= 4 is 16.0 Å². The van der Waals surface area contributed by atoms with Crippen LogP contribution in [-0.2, 0) is 34.4 Å². The molecule has 0 heterocycles. The number of hydrogen-bond donors (Lipinski definition) is 2. The molecule has 0 radical (unpaired) electrons. The van der Waals surface area contributed by atoms with Crippen molar-refractivity contribution in [2.75, 3.05) is 5.75 Å². The van der Waals surface area contributed by atoms with Gasteiger partial charge in [0.2, 0.25) is 5.91 Å². The van der Waals surface area contributed by atoms with Gasteiger partial charge < -0.3 is 5.32 Å². The van der Waals surface area contributed by atoms with E-state index >= 15 is 0 Å². The second-order valence-corrected chi connectivity index (χ2v) is 4.76. The van der Waals surface area contributed by atoms with Gasteiger partial charge in [0.05, 0.1) is 11.3 Å². The predicted octanol–water partition coefficient (Wildman–Crippen LogP) is -0.0475. The Morgan fingerprint density at radius 1 is 1.57 bits per heavy atom. The van der Waals surface area contributed by atoms with E-state index < -0.39 is 27.3 Å². The van der Waals surface area contributed by atoms with E-state index in [0.29, 0.717) is 0 Å². The molecule has 0 atom stereocenters. The first kappa shape index (κ1) is 16.2. The van der Waals surface area contributed by atoms with E-state index in [0.717, 1.165) is 6.08 Å². The normalized spacial score (nSPS) is 11.4. The summed E-state index contributed by atoms with van der Waals surface area (Å²) in [6, 6.07) is 0. The van der Waals surface area contributed by atoms with Gasteiger partial charge in [-0.25, -0.2) is 0 Å². The quantitative estimate of drug-likeness (QED) is 0.427. The maximum absolute atomic E-state index is 10.8. The van der Waals surface area contributed by atoms with E-state index in [1.807, 2.05) is 0 Å². The third-order valence-corrected chi connectivity index (χ3v) is 2.28. The van der Waals surface area contributed by atoms with Crippen molar-refractivity contribution < 1.29 is 37.2 Å². The van der Waals surface area contributed by atoms with Gasteiger partial charge in [-0.15, -0.1) is 0 Å². The van der Waals surface area contributed by atoms with Crippen LogP contribution in [-0.4, -0.2) is 30.2 Å². The molecule has 0 fully saturated rings. The molecule has 0 aromatic heterocycles. The number of amides is 1. The largest absolute Gasteiger partial charge is 0.347 e. The number of nitrogens with one attached hydrogen (secondary N) is 1. The average Bonchev–Trinajstić information content (AvgIpc) is 1.80. The van der Waals surface area contributed by atoms with Gasteiger partial charge in [-0.3, -0.25) is 9.35 Å². The Labute approximate surface area is 96.5 Å². The molecule has 0 aromatic rings. The summed E-state index contributed by atoms with van der Waals surface area (Å²) in [6.45, 7) is 6.19. The first-order valence-corrected chi connectivity index (χ1v) is 5.17. The molecular formula is C7H13NO4SZn. The van der Waals surface area contributed by atoms with Gasteiger partial charge in [0.25, 0.3) is 10.1 Å². The molecule has 78 valence electrons. The molecule has 0 aromatic carbocycles. The summed E-state index contributed by atoms with van der Waals surface area (Å²) in [5.41, 5.74) is -1.00. The number of rotatable bonds is 4.